The lowest BCUT2D eigenvalue weighted by molar-refractivity contribution is 0.190. The predicted molar refractivity (Wildman–Crippen MR) is 146 cm³/mol. The van der Waals surface area contributed by atoms with Crippen LogP contribution in [0.25, 0.3) is 34.0 Å². The van der Waals surface area contributed by atoms with E-state index in [4.69, 9.17) is 15.0 Å². The van der Waals surface area contributed by atoms with Crippen molar-refractivity contribution in [1.29, 1.82) is 0 Å². The van der Waals surface area contributed by atoms with E-state index in [-0.39, 0.29) is 28.2 Å². The van der Waals surface area contributed by atoms with Crippen LogP contribution in [0.15, 0.2) is 64.1 Å². The summed E-state index contributed by atoms with van der Waals surface area (Å²) in [6, 6.07) is 13.3. The van der Waals surface area contributed by atoms with Gasteiger partial charge >= 0.3 is 0 Å². The Morgan fingerprint density at radius 3 is 2.64 bits per heavy atom. The van der Waals surface area contributed by atoms with Gasteiger partial charge in [0.15, 0.2) is 27.1 Å². The largest absolute Gasteiger partial charge is 0.382 e. The number of aromatic nitrogens is 3. The number of halogens is 1. The molecule has 0 amide bonds. The van der Waals surface area contributed by atoms with Crippen LogP contribution >= 0.6 is 0 Å². The second kappa shape index (κ2) is 11.2. The molecule has 5 rings (SSSR count). The normalized spacial score (nSPS) is 16.4. The molecule has 2 aromatic carbocycles. The van der Waals surface area contributed by atoms with Gasteiger partial charge in [0.05, 0.1) is 28.6 Å². The Morgan fingerprint density at radius 2 is 1.95 bits per heavy atom. The zero-order chi connectivity index (χ0) is 27.6. The number of ether oxygens (including phenoxy) is 1. The van der Waals surface area contributed by atoms with Crippen molar-refractivity contribution in [3.05, 3.63) is 66.1 Å². The third-order valence-corrected chi connectivity index (χ3v) is 9.28. The van der Waals surface area contributed by atoms with Crippen molar-refractivity contribution in [2.75, 3.05) is 18.9 Å². The highest BCUT2D eigenvalue weighted by atomic mass is 32.2. The fraction of sp³-hybridized carbons (Fsp3) is 0.321. The number of nitrogens with one attached hydrogen (secondary N) is 1. The highest BCUT2D eigenvalue weighted by molar-refractivity contribution is 7.92. The van der Waals surface area contributed by atoms with E-state index >= 15 is 0 Å². The molecule has 1 fully saturated rings. The zero-order valence-electron chi connectivity index (χ0n) is 21.7. The average Bonchev–Trinajstić information content (AvgIpc) is 3.65. The molecule has 1 saturated heterocycles. The number of nitrogens with zero attached hydrogens (tertiary/aromatic N) is 3. The molecule has 9 nitrogen and oxygen atoms in total. The molecule has 0 spiro atoms. The molecule has 3 N–H and O–H groups in total. The van der Waals surface area contributed by atoms with Gasteiger partial charge < -0.3 is 20.3 Å². The summed E-state index contributed by atoms with van der Waals surface area (Å²) >= 11 is 0. The number of anilines is 1. The molecule has 4 aromatic rings. The average molecular weight is 552 g/mol. The van der Waals surface area contributed by atoms with Gasteiger partial charge in [-0.05, 0) is 49.6 Å². The Kier molecular flexibility index (Phi) is 7.74. The Bertz CT molecular complexity index is 1570. The minimum Gasteiger partial charge on any atom is -0.382 e. The lowest BCUT2D eigenvalue weighted by Gasteiger charge is -2.11. The Labute approximate surface area is 226 Å². The molecule has 39 heavy (non-hydrogen) atoms. The number of hydrogen-bond acceptors (Lipinski definition) is 9. The van der Waals surface area contributed by atoms with Gasteiger partial charge in [0, 0.05) is 36.4 Å². The molecule has 3 heterocycles. The van der Waals surface area contributed by atoms with Crippen LogP contribution in [0.4, 0.5) is 10.2 Å². The summed E-state index contributed by atoms with van der Waals surface area (Å²) in [5, 5.41) is 6.92. The van der Waals surface area contributed by atoms with Crippen molar-refractivity contribution in [2.45, 2.75) is 49.4 Å². The standard InChI is InChI=1S/C28H30FN5O4S/c1-3-17(2)39(35,36)21-7-5-19(6-8-21)25-15-32-28(30)27(33-25)26-13-24(34-38-26)22-9-4-18(12-23(22)29)14-31-20-10-11-37-16-20/h4-9,12-13,15,17,20,31H,3,10-11,14,16H2,1-2H3,(H2,30,32). The van der Waals surface area contributed by atoms with Gasteiger partial charge in [-0.2, -0.15) is 0 Å². The second-order valence-electron chi connectivity index (χ2n) is 9.61. The molecular formula is C28H30FN5O4S. The lowest BCUT2D eigenvalue weighted by atomic mass is 10.1. The first kappa shape index (κ1) is 26.9. The summed E-state index contributed by atoms with van der Waals surface area (Å²) in [5.41, 5.74) is 8.88. The van der Waals surface area contributed by atoms with Crippen molar-refractivity contribution in [1.82, 2.24) is 20.4 Å². The van der Waals surface area contributed by atoms with Crippen LogP contribution in [0.3, 0.4) is 0 Å². The number of rotatable bonds is 9. The highest BCUT2D eigenvalue weighted by Crippen LogP contribution is 2.31. The van der Waals surface area contributed by atoms with Crippen molar-refractivity contribution >= 4 is 15.7 Å². The molecule has 0 bridgehead atoms. The first-order valence-corrected chi connectivity index (χ1v) is 14.3. The Balaban J connectivity index is 1.36. The summed E-state index contributed by atoms with van der Waals surface area (Å²) in [4.78, 5) is 9.06. The van der Waals surface area contributed by atoms with E-state index < -0.39 is 20.9 Å². The first-order valence-electron chi connectivity index (χ1n) is 12.8. The summed E-state index contributed by atoms with van der Waals surface area (Å²) in [6.07, 6.45) is 2.97. The van der Waals surface area contributed by atoms with E-state index in [1.54, 1.807) is 43.3 Å². The minimum absolute atomic E-state index is 0.121. The number of sulfone groups is 1. The monoisotopic (exact) mass is 551 g/mol. The fourth-order valence-corrected chi connectivity index (χ4v) is 5.75. The summed E-state index contributed by atoms with van der Waals surface area (Å²) in [7, 11) is -3.40. The predicted octanol–water partition coefficient (Wildman–Crippen LogP) is 4.64. The maximum atomic E-state index is 15.0. The summed E-state index contributed by atoms with van der Waals surface area (Å²) < 4.78 is 51.1. The second-order valence-corrected chi connectivity index (χ2v) is 12.0. The molecule has 0 radical (unpaired) electrons. The van der Waals surface area contributed by atoms with E-state index in [9.17, 15) is 12.8 Å². The van der Waals surface area contributed by atoms with Crippen LogP contribution in [-0.4, -0.2) is 48.0 Å². The smallest absolute Gasteiger partial charge is 0.189 e. The third-order valence-electron chi connectivity index (χ3n) is 6.96. The topological polar surface area (TPSA) is 133 Å². The third kappa shape index (κ3) is 5.70. The van der Waals surface area contributed by atoms with Crippen LogP contribution in [0.2, 0.25) is 0 Å². The van der Waals surface area contributed by atoms with E-state index in [2.05, 4.69) is 20.4 Å². The van der Waals surface area contributed by atoms with Gasteiger partial charge in [0.1, 0.15) is 11.5 Å². The molecule has 0 saturated carbocycles. The Morgan fingerprint density at radius 1 is 1.15 bits per heavy atom. The van der Waals surface area contributed by atoms with Gasteiger partial charge in [-0.15, -0.1) is 0 Å². The van der Waals surface area contributed by atoms with Crippen LogP contribution in [0, 0.1) is 5.82 Å². The van der Waals surface area contributed by atoms with Gasteiger partial charge in [-0.1, -0.05) is 30.3 Å². The molecule has 11 heteroatoms. The Hall–Kier alpha value is -3.67. The number of nitrogen functional groups attached to an aromatic ring is 1. The number of benzene rings is 2. The quantitative estimate of drug-likeness (QED) is 0.305. The van der Waals surface area contributed by atoms with Crippen LogP contribution in [-0.2, 0) is 21.1 Å². The van der Waals surface area contributed by atoms with Crippen molar-refractivity contribution < 1.29 is 22.1 Å². The highest BCUT2D eigenvalue weighted by Gasteiger charge is 2.22. The van der Waals surface area contributed by atoms with E-state index in [0.717, 1.165) is 18.6 Å². The van der Waals surface area contributed by atoms with Crippen LogP contribution < -0.4 is 11.1 Å². The van der Waals surface area contributed by atoms with Crippen LogP contribution in [0.1, 0.15) is 32.3 Å². The fourth-order valence-electron chi connectivity index (χ4n) is 4.33. The molecule has 1 aliphatic heterocycles. The molecular weight excluding hydrogens is 521 g/mol. The molecule has 1 aliphatic rings. The van der Waals surface area contributed by atoms with Gasteiger partial charge in [-0.3, -0.25) is 0 Å². The minimum atomic E-state index is -3.40. The van der Waals surface area contributed by atoms with Crippen LogP contribution in [0.5, 0.6) is 0 Å². The molecule has 2 atom stereocenters. The maximum absolute atomic E-state index is 15.0. The van der Waals surface area contributed by atoms with Gasteiger partial charge in [-0.25, -0.2) is 22.8 Å². The first-order chi connectivity index (χ1) is 18.8. The number of hydrogen-bond donors (Lipinski definition) is 2. The van der Waals surface area contributed by atoms with Gasteiger partial charge in [0.2, 0.25) is 0 Å². The molecule has 0 aliphatic carbocycles. The SMILES string of the molecule is CCC(C)S(=O)(=O)c1ccc(-c2cnc(N)c(-c3cc(-c4ccc(CNC5CCOC5)cc4F)no3)n2)cc1. The van der Waals surface area contributed by atoms with E-state index in [1.165, 1.54) is 12.3 Å². The van der Waals surface area contributed by atoms with Crippen molar-refractivity contribution in [3.8, 4) is 34.0 Å². The summed E-state index contributed by atoms with van der Waals surface area (Å²) in [5.74, 6) is -0.0635. The van der Waals surface area contributed by atoms with Crippen molar-refractivity contribution in [3.63, 3.8) is 0 Å². The maximum Gasteiger partial charge on any atom is 0.189 e. The number of nitrogens with two attached hydrogens (primary N) is 1. The molecule has 2 aromatic heterocycles. The van der Waals surface area contributed by atoms with E-state index in [1.807, 2.05) is 13.0 Å². The van der Waals surface area contributed by atoms with Gasteiger partial charge in [0.25, 0.3) is 0 Å². The lowest BCUT2D eigenvalue weighted by Crippen LogP contribution is -2.28. The van der Waals surface area contributed by atoms with Crippen molar-refractivity contribution in [2.24, 2.45) is 0 Å². The van der Waals surface area contributed by atoms with E-state index in [0.29, 0.717) is 42.1 Å². The zero-order valence-corrected chi connectivity index (χ0v) is 22.5. The molecule has 204 valence electrons. The summed E-state index contributed by atoms with van der Waals surface area (Å²) in [6.45, 7) is 5.48. The molecule has 2 unspecified atom stereocenters.